The molecule has 0 unspecified atom stereocenters. The normalized spacial score (nSPS) is 10.4. The number of rotatable bonds is 5. The molecule has 0 aliphatic carbocycles. The van der Waals surface area contributed by atoms with Crippen LogP contribution in [0.4, 0.5) is 0 Å². The Kier molecular flexibility index (Phi) is 6.25. The molecule has 1 aromatic heterocycles. The summed E-state index contributed by atoms with van der Waals surface area (Å²) in [5.41, 5.74) is 2.82. The van der Waals surface area contributed by atoms with Crippen LogP contribution in [-0.4, -0.2) is 22.5 Å². The van der Waals surface area contributed by atoms with Gasteiger partial charge >= 0.3 is 5.97 Å². The standard InChI is InChI=1S/C21H15Cl2N3O2/c1-2-28-21(27)20-17(11-12-24)25-18(13-3-7-15(22)8-4-13)19(26-20)14-5-9-16(23)10-6-14/h3-10H,2,11H2,1H3. The van der Waals surface area contributed by atoms with Crippen molar-refractivity contribution in [3.63, 3.8) is 0 Å². The molecule has 7 heteroatoms. The highest BCUT2D eigenvalue weighted by molar-refractivity contribution is 6.31. The predicted molar refractivity (Wildman–Crippen MR) is 108 cm³/mol. The summed E-state index contributed by atoms with van der Waals surface area (Å²) in [6.07, 6.45) is -0.0668. The number of hydrogen-bond acceptors (Lipinski definition) is 5. The molecular weight excluding hydrogens is 397 g/mol. The lowest BCUT2D eigenvalue weighted by Crippen LogP contribution is -2.14. The molecule has 0 saturated carbocycles. The molecule has 140 valence electrons. The maximum Gasteiger partial charge on any atom is 0.358 e. The summed E-state index contributed by atoms with van der Waals surface area (Å²) >= 11 is 12.0. The molecule has 3 rings (SSSR count). The average Bonchev–Trinajstić information content (AvgIpc) is 2.69. The van der Waals surface area contributed by atoms with Crippen LogP contribution in [0.2, 0.25) is 10.0 Å². The number of aromatic nitrogens is 2. The highest BCUT2D eigenvalue weighted by atomic mass is 35.5. The second-order valence-electron chi connectivity index (χ2n) is 5.79. The molecule has 0 fully saturated rings. The summed E-state index contributed by atoms with van der Waals surface area (Å²) in [6.45, 7) is 1.90. The fraction of sp³-hybridized carbons (Fsp3) is 0.143. The van der Waals surface area contributed by atoms with Crippen LogP contribution >= 0.6 is 23.2 Å². The van der Waals surface area contributed by atoms with Crippen LogP contribution in [0.3, 0.4) is 0 Å². The largest absolute Gasteiger partial charge is 0.461 e. The molecule has 0 aliphatic heterocycles. The van der Waals surface area contributed by atoms with Gasteiger partial charge in [-0.2, -0.15) is 5.26 Å². The second kappa shape index (κ2) is 8.83. The molecule has 5 nitrogen and oxygen atoms in total. The zero-order chi connectivity index (χ0) is 20.1. The molecule has 0 saturated heterocycles. The van der Waals surface area contributed by atoms with Crippen LogP contribution in [0, 0.1) is 11.3 Å². The Hall–Kier alpha value is -2.94. The minimum absolute atomic E-state index is 0.0334. The Balaban J connectivity index is 2.27. The zero-order valence-corrected chi connectivity index (χ0v) is 16.5. The molecule has 0 atom stereocenters. The van der Waals surface area contributed by atoms with Crippen LogP contribution in [0.5, 0.6) is 0 Å². The van der Waals surface area contributed by atoms with Gasteiger partial charge in [0.25, 0.3) is 0 Å². The Labute approximate surface area is 172 Å². The quantitative estimate of drug-likeness (QED) is 0.528. The van der Waals surface area contributed by atoms with E-state index in [9.17, 15) is 4.79 Å². The maximum absolute atomic E-state index is 12.4. The molecule has 0 radical (unpaired) electrons. The lowest BCUT2D eigenvalue weighted by atomic mass is 10.0. The van der Waals surface area contributed by atoms with Crippen LogP contribution in [0.1, 0.15) is 23.1 Å². The number of nitrogens with zero attached hydrogens (tertiary/aromatic N) is 3. The van der Waals surface area contributed by atoms with E-state index in [1.165, 1.54) is 0 Å². The summed E-state index contributed by atoms with van der Waals surface area (Å²) in [7, 11) is 0. The van der Waals surface area contributed by atoms with Crippen LogP contribution in [0.15, 0.2) is 48.5 Å². The summed E-state index contributed by atoms with van der Waals surface area (Å²) in [4.78, 5) is 21.5. The second-order valence-corrected chi connectivity index (χ2v) is 6.66. The number of nitriles is 1. The van der Waals surface area contributed by atoms with Crippen molar-refractivity contribution in [2.24, 2.45) is 0 Å². The van der Waals surface area contributed by atoms with Gasteiger partial charge in [0.1, 0.15) is 0 Å². The average molecular weight is 412 g/mol. The number of hydrogen-bond donors (Lipinski definition) is 0. The van der Waals surface area contributed by atoms with Gasteiger partial charge < -0.3 is 4.74 Å². The first-order valence-electron chi connectivity index (χ1n) is 8.50. The summed E-state index contributed by atoms with van der Waals surface area (Å²) in [5.74, 6) is -0.613. The van der Waals surface area contributed by atoms with E-state index < -0.39 is 5.97 Å². The van der Waals surface area contributed by atoms with Gasteiger partial charge in [-0.3, -0.25) is 0 Å². The van der Waals surface area contributed by atoms with Crippen molar-refractivity contribution >= 4 is 29.2 Å². The van der Waals surface area contributed by atoms with Gasteiger partial charge in [0, 0.05) is 21.2 Å². The van der Waals surface area contributed by atoms with E-state index in [0.29, 0.717) is 21.4 Å². The third-order valence-corrected chi connectivity index (χ3v) is 4.42. The van der Waals surface area contributed by atoms with E-state index in [2.05, 4.69) is 9.97 Å². The number of esters is 1. The molecule has 3 aromatic rings. The third-order valence-electron chi connectivity index (χ3n) is 3.92. The van der Waals surface area contributed by atoms with Crippen molar-refractivity contribution in [2.45, 2.75) is 13.3 Å². The molecular formula is C21H15Cl2N3O2. The van der Waals surface area contributed by atoms with Gasteiger partial charge in [0.05, 0.1) is 36.2 Å². The molecule has 1 heterocycles. The fourth-order valence-corrected chi connectivity index (χ4v) is 2.90. The van der Waals surface area contributed by atoms with Gasteiger partial charge in [-0.15, -0.1) is 0 Å². The van der Waals surface area contributed by atoms with E-state index in [1.54, 1.807) is 43.3 Å². The van der Waals surface area contributed by atoms with Crippen molar-refractivity contribution in [3.8, 4) is 28.6 Å². The van der Waals surface area contributed by atoms with E-state index >= 15 is 0 Å². The maximum atomic E-state index is 12.4. The van der Waals surface area contributed by atoms with E-state index in [1.807, 2.05) is 18.2 Å². The SMILES string of the molecule is CCOC(=O)c1nc(-c2ccc(Cl)cc2)c(-c2ccc(Cl)cc2)nc1CC#N. The van der Waals surface area contributed by atoms with Gasteiger partial charge in [-0.25, -0.2) is 14.8 Å². The highest BCUT2D eigenvalue weighted by Gasteiger charge is 2.22. The first kappa shape index (κ1) is 19.8. The van der Waals surface area contributed by atoms with Gasteiger partial charge in [-0.1, -0.05) is 47.5 Å². The highest BCUT2D eigenvalue weighted by Crippen LogP contribution is 2.31. The summed E-state index contributed by atoms with van der Waals surface area (Å²) in [5, 5.41) is 10.3. The van der Waals surface area contributed by atoms with Crippen LogP contribution < -0.4 is 0 Å². The Morgan fingerprint density at radius 2 is 1.46 bits per heavy atom. The summed E-state index contributed by atoms with van der Waals surface area (Å²) < 4.78 is 5.10. The van der Waals surface area contributed by atoms with Crippen LogP contribution in [-0.2, 0) is 11.2 Å². The van der Waals surface area contributed by atoms with Gasteiger partial charge in [0.2, 0.25) is 0 Å². The fourth-order valence-electron chi connectivity index (χ4n) is 2.65. The summed E-state index contributed by atoms with van der Waals surface area (Å²) in [6, 6.07) is 16.2. The van der Waals surface area contributed by atoms with Crippen LogP contribution in [0.25, 0.3) is 22.5 Å². The van der Waals surface area contributed by atoms with E-state index in [-0.39, 0.29) is 24.4 Å². The molecule has 0 N–H and O–H groups in total. The minimum atomic E-state index is -0.613. The van der Waals surface area contributed by atoms with E-state index in [4.69, 9.17) is 33.2 Å². The van der Waals surface area contributed by atoms with Crippen molar-refractivity contribution < 1.29 is 9.53 Å². The van der Waals surface area contributed by atoms with Crippen molar-refractivity contribution in [1.29, 1.82) is 5.26 Å². The van der Waals surface area contributed by atoms with Crippen molar-refractivity contribution in [1.82, 2.24) is 9.97 Å². The number of carbonyl (C=O) groups is 1. The Morgan fingerprint density at radius 3 is 1.93 bits per heavy atom. The minimum Gasteiger partial charge on any atom is -0.461 e. The first-order chi connectivity index (χ1) is 13.5. The van der Waals surface area contributed by atoms with Gasteiger partial charge in [-0.05, 0) is 31.2 Å². The van der Waals surface area contributed by atoms with Gasteiger partial charge in [0.15, 0.2) is 5.69 Å². The lowest BCUT2D eigenvalue weighted by molar-refractivity contribution is 0.0518. The number of carbonyl (C=O) groups excluding carboxylic acids is 1. The predicted octanol–water partition coefficient (Wildman–Crippen LogP) is 5.36. The Bertz CT molecular complexity index is 1040. The van der Waals surface area contributed by atoms with Crippen molar-refractivity contribution in [3.05, 3.63) is 70.0 Å². The molecule has 28 heavy (non-hydrogen) atoms. The topological polar surface area (TPSA) is 75.9 Å². The monoisotopic (exact) mass is 411 g/mol. The molecule has 0 amide bonds. The molecule has 0 bridgehead atoms. The first-order valence-corrected chi connectivity index (χ1v) is 9.26. The number of ether oxygens (including phenoxy) is 1. The zero-order valence-electron chi connectivity index (χ0n) is 14.9. The molecule has 2 aromatic carbocycles. The number of halogens is 2. The lowest BCUT2D eigenvalue weighted by Gasteiger charge is -2.13. The molecule has 0 aliphatic rings. The smallest absolute Gasteiger partial charge is 0.358 e. The van der Waals surface area contributed by atoms with Crippen molar-refractivity contribution in [2.75, 3.05) is 6.61 Å². The Morgan fingerprint density at radius 1 is 0.964 bits per heavy atom. The van der Waals surface area contributed by atoms with E-state index in [0.717, 1.165) is 11.1 Å². The third kappa shape index (κ3) is 4.30. The number of benzene rings is 2. The molecule has 0 spiro atoms.